The molecule has 6 nitrogen and oxygen atoms in total. The molecular formula is C24H25F4N5O. The van der Waals surface area contributed by atoms with Gasteiger partial charge >= 0.3 is 6.18 Å². The molecule has 0 radical (unpaired) electrons. The van der Waals surface area contributed by atoms with Crippen LogP contribution >= 0.6 is 0 Å². The molecule has 2 saturated heterocycles. The van der Waals surface area contributed by atoms with Crippen molar-refractivity contribution in [3.8, 4) is 0 Å². The lowest BCUT2D eigenvalue weighted by Gasteiger charge is -2.37. The summed E-state index contributed by atoms with van der Waals surface area (Å²) in [4.78, 5) is 7.17. The molecule has 1 aromatic carbocycles. The first-order chi connectivity index (χ1) is 16.1. The molecule has 2 bridgehead atoms. The summed E-state index contributed by atoms with van der Waals surface area (Å²) in [5.74, 6) is -0.946. The van der Waals surface area contributed by atoms with Crippen molar-refractivity contribution in [3.63, 3.8) is 0 Å². The highest BCUT2D eigenvalue weighted by molar-refractivity contribution is 5.93. The molecular weight excluding hydrogens is 450 g/mol. The van der Waals surface area contributed by atoms with Gasteiger partial charge in [-0.3, -0.25) is 0 Å². The van der Waals surface area contributed by atoms with Gasteiger partial charge in [-0.05, 0) is 45.7 Å². The van der Waals surface area contributed by atoms with Gasteiger partial charge in [-0.25, -0.2) is 9.37 Å². The summed E-state index contributed by atoms with van der Waals surface area (Å²) in [6.07, 6.45) is -2.68. The molecule has 0 amide bonds. The Morgan fingerprint density at radius 2 is 1.79 bits per heavy atom. The van der Waals surface area contributed by atoms with Crippen LogP contribution in [0.3, 0.4) is 0 Å². The number of hydrogen-bond donors (Lipinski definition) is 1. The second-order valence-corrected chi connectivity index (χ2v) is 9.03. The molecule has 2 unspecified atom stereocenters. The Morgan fingerprint density at radius 1 is 1.09 bits per heavy atom. The molecule has 3 atom stereocenters. The third kappa shape index (κ3) is 3.83. The Hall–Kier alpha value is -3.01. The summed E-state index contributed by atoms with van der Waals surface area (Å²) in [7, 11) is 0. The summed E-state index contributed by atoms with van der Waals surface area (Å²) in [6, 6.07) is 5.06. The normalized spacial score (nSPS) is 21.2. The molecule has 3 aromatic rings. The zero-order valence-electron chi connectivity index (χ0n) is 19.1. The lowest BCUT2D eigenvalue weighted by atomic mass is 10.0. The summed E-state index contributed by atoms with van der Waals surface area (Å²) in [6.45, 7) is 6.69. The standard InChI is InChI=1S/C24H25F4N5O/c1-12(17-5-4-6-19(21(17)25)24(26,27)28)30-23-18-9-20(13(2)29-22(18)14(3)31-32-23)33-15-7-8-16(33)11-34-10-15/h4-6,9,12,15-16H,7-8,10-11H2,1-3H3,(H,30,32)/t12-,15?,16?/m1/s1. The van der Waals surface area contributed by atoms with Gasteiger partial charge in [-0.15, -0.1) is 5.10 Å². The summed E-state index contributed by atoms with van der Waals surface area (Å²) in [5, 5.41) is 12.2. The first kappa shape index (κ1) is 22.8. The van der Waals surface area contributed by atoms with E-state index in [0.29, 0.717) is 35.6 Å². The third-order valence-corrected chi connectivity index (χ3v) is 6.76. The van der Waals surface area contributed by atoms with Crippen LogP contribution in [0.25, 0.3) is 10.9 Å². The zero-order valence-corrected chi connectivity index (χ0v) is 19.1. The van der Waals surface area contributed by atoms with Crippen molar-refractivity contribution < 1.29 is 22.3 Å². The Morgan fingerprint density at radius 3 is 2.47 bits per heavy atom. The summed E-state index contributed by atoms with van der Waals surface area (Å²) >= 11 is 0. The minimum Gasteiger partial charge on any atom is -0.377 e. The van der Waals surface area contributed by atoms with Crippen molar-refractivity contribution in [1.29, 1.82) is 0 Å². The lowest BCUT2D eigenvalue weighted by molar-refractivity contribution is -0.140. The number of alkyl halides is 3. The Balaban J connectivity index is 1.55. The second-order valence-electron chi connectivity index (χ2n) is 9.03. The number of morpholine rings is 1. The maximum atomic E-state index is 14.7. The van der Waals surface area contributed by atoms with Crippen LogP contribution in [0, 0.1) is 19.7 Å². The van der Waals surface area contributed by atoms with Crippen molar-refractivity contribution in [1.82, 2.24) is 15.2 Å². The number of pyridine rings is 1. The van der Waals surface area contributed by atoms with Gasteiger partial charge in [0, 0.05) is 10.9 Å². The highest BCUT2D eigenvalue weighted by Gasteiger charge is 2.39. The van der Waals surface area contributed by atoms with E-state index < -0.39 is 23.6 Å². The average Bonchev–Trinajstić information content (AvgIpc) is 3.02. The molecule has 1 N–H and O–H groups in total. The highest BCUT2D eigenvalue weighted by atomic mass is 19.4. The van der Waals surface area contributed by atoms with Crippen molar-refractivity contribution >= 4 is 22.4 Å². The molecule has 0 saturated carbocycles. The van der Waals surface area contributed by atoms with Crippen LogP contribution in [-0.2, 0) is 10.9 Å². The van der Waals surface area contributed by atoms with E-state index in [9.17, 15) is 17.6 Å². The van der Waals surface area contributed by atoms with Crippen LogP contribution in [0.2, 0.25) is 0 Å². The second kappa shape index (κ2) is 8.33. The van der Waals surface area contributed by atoms with Gasteiger partial charge in [-0.1, -0.05) is 12.1 Å². The SMILES string of the molecule is Cc1nc2c(C)nnc(N[C@H](C)c3cccc(C(F)(F)F)c3F)c2cc1N1C2CCC1COC2. The Labute approximate surface area is 194 Å². The van der Waals surface area contributed by atoms with Gasteiger partial charge in [-0.2, -0.15) is 18.3 Å². The van der Waals surface area contributed by atoms with E-state index in [2.05, 4.69) is 20.4 Å². The van der Waals surface area contributed by atoms with Crippen molar-refractivity contribution in [2.75, 3.05) is 23.4 Å². The number of fused-ring (bicyclic) bond motifs is 3. The largest absolute Gasteiger partial charge is 0.419 e. The molecule has 34 heavy (non-hydrogen) atoms. The molecule has 5 rings (SSSR count). The third-order valence-electron chi connectivity index (χ3n) is 6.76. The molecule has 180 valence electrons. The van der Waals surface area contributed by atoms with E-state index in [0.717, 1.165) is 30.3 Å². The predicted octanol–water partition coefficient (Wildman–Crippen LogP) is 5.34. The number of hydrogen-bond acceptors (Lipinski definition) is 6. The number of halogens is 4. The number of aryl methyl sites for hydroxylation is 2. The smallest absolute Gasteiger partial charge is 0.377 e. The molecule has 2 aromatic heterocycles. The monoisotopic (exact) mass is 475 g/mol. The number of nitrogens with zero attached hydrogens (tertiary/aromatic N) is 4. The molecule has 2 aliphatic rings. The van der Waals surface area contributed by atoms with Crippen molar-refractivity contribution in [2.45, 2.75) is 57.9 Å². The minimum atomic E-state index is -4.77. The van der Waals surface area contributed by atoms with Crippen LogP contribution in [-0.4, -0.2) is 40.5 Å². The fourth-order valence-electron chi connectivity index (χ4n) is 5.05. The van der Waals surface area contributed by atoms with Crippen LogP contribution < -0.4 is 10.2 Å². The van der Waals surface area contributed by atoms with Crippen LogP contribution in [0.4, 0.5) is 29.1 Å². The molecule has 10 heteroatoms. The van der Waals surface area contributed by atoms with Gasteiger partial charge in [0.2, 0.25) is 0 Å². The number of anilines is 2. The van der Waals surface area contributed by atoms with Gasteiger partial charge < -0.3 is 15.0 Å². The fraction of sp³-hybridized carbons (Fsp3) is 0.458. The van der Waals surface area contributed by atoms with Crippen LogP contribution in [0.15, 0.2) is 24.3 Å². The zero-order chi connectivity index (χ0) is 24.2. The highest BCUT2D eigenvalue weighted by Crippen LogP contribution is 2.39. The number of rotatable bonds is 4. The molecule has 4 heterocycles. The first-order valence-electron chi connectivity index (χ1n) is 11.3. The maximum absolute atomic E-state index is 14.7. The van der Waals surface area contributed by atoms with Crippen molar-refractivity contribution in [2.24, 2.45) is 0 Å². The molecule has 2 fully saturated rings. The number of aromatic nitrogens is 3. The lowest BCUT2D eigenvalue weighted by Crippen LogP contribution is -2.46. The average molecular weight is 475 g/mol. The summed E-state index contributed by atoms with van der Waals surface area (Å²) < 4.78 is 60.0. The van der Waals surface area contributed by atoms with Crippen LogP contribution in [0.5, 0.6) is 0 Å². The van der Waals surface area contributed by atoms with Gasteiger partial charge in [0.1, 0.15) is 5.82 Å². The van der Waals surface area contributed by atoms with E-state index >= 15 is 0 Å². The van der Waals surface area contributed by atoms with E-state index in [4.69, 9.17) is 9.72 Å². The van der Waals surface area contributed by atoms with Crippen LogP contribution in [0.1, 0.15) is 48.3 Å². The number of nitrogens with one attached hydrogen (secondary N) is 1. The quantitative estimate of drug-likeness (QED) is 0.514. The Kier molecular flexibility index (Phi) is 5.58. The van der Waals surface area contributed by atoms with Crippen molar-refractivity contribution in [3.05, 3.63) is 52.6 Å². The Bertz CT molecular complexity index is 1230. The first-order valence-corrected chi connectivity index (χ1v) is 11.3. The fourth-order valence-corrected chi connectivity index (χ4v) is 5.05. The topological polar surface area (TPSA) is 63.2 Å². The van der Waals surface area contributed by atoms with E-state index in [-0.39, 0.29) is 17.6 Å². The molecule has 0 aliphatic carbocycles. The number of benzene rings is 1. The van der Waals surface area contributed by atoms with Gasteiger partial charge in [0.25, 0.3) is 0 Å². The number of ether oxygens (including phenoxy) is 1. The minimum absolute atomic E-state index is 0.100. The predicted molar refractivity (Wildman–Crippen MR) is 120 cm³/mol. The van der Waals surface area contributed by atoms with Gasteiger partial charge in [0.15, 0.2) is 5.82 Å². The van der Waals surface area contributed by atoms with Gasteiger partial charge in [0.05, 0.1) is 59.5 Å². The van der Waals surface area contributed by atoms with E-state index in [1.165, 1.54) is 12.1 Å². The van der Waals surface area contributed by atoms with E-state index in [1.54, 1.807) is 13.8 Å². The summed E-state index contributed by atoms with van der Waals surface area (Å²) in [5.41, 5.74) is 1.74. The molecule has 0 spiro atoms. The maximum Gasteiger partial charge on any atom is 0.419 e. The van der Waals surface area contributed by atoms with E-state index in [1.807, 2.05) is 13.0 Å². The molecule has 2 aliphatic heterocycles.